The Morgan fingerprint density at radius 1 is 0.857 bits per heavy atom. The second-order valence-corrected chi connectivity index (χ2v) is 9.91. The van der Waals surface area contributed by atoms with E-state index in [0.29, 0.717) is 17.6 Å². The number of unbranched alkanes of at least 4 members (excludes halogenated alkanes) is 9. The van der Waals surface area contributed by atoms with Crippen LogP contribution >= 0.6 is 7.82 Å². The molecule has 170 valence electrons. The van der Waals surface area contributed by atoms with Crippen LogP contribution in [0.25, 0.3) is 0 Å². The van der Waals surface area contributed by atoms with Crippen molar-refractivity contribution < 1.29 is 32.8 Å². The number of aliphatic hydroxyl groups is 1. The van der Waals surface area contributed by atoms with Crippen LogP contribution in [0.15, 0.2) is 0 Å². The smallest absolute Gasteiger partial charge is 0.268 e. The summed E-state index contributed by atoms with van der Waals surface area (Å²) in [6, 6.07) is 0. The predicted molar refractivity (Wildman–Crippen MR) is 111 cm³/mol. The fourth-order valence-electron chi connectivity index (χ4n) is 2.60. The zero-order valence-corrected chi connectivity index (χ0v) is 19.5. The van der Waals surface area contributed by atoms with Gasteiger partial charge in [-0.15, -0.1) is 0 Å². The van der Waals surface area contributed by atoms with Gasteiger partial charge >= 0.3 is 0 Å². The van der Waals surface area contributed by atoms with E-state index in [2.05, 4.69) is 6.92 Å². The standard InChI is InChI=1S/C20H44NO6P/c1-5-6-7-8-9-10-11-12-13-14-16-25-18-20(22)19-27-28(23,24)26-17-15-21(2,3)4/h20,22H,5-19H2,1-4H3. The third-order valence-electron chi connectivity index (χ3n) is 4.39. The number of nitrogens with zero attached hydrogens (tertiary/aromatic N) is 1. The minimum absolute atomic E-state index is 0.0512. The van der Waals surface area contributed by atoms with E-state index in [1.807, 2.05) is 21.1 Å². The maximum absolute atomic E-state index is 11.6. The topological polar surface area (TPSA) is 88.0 Å². The quantitative estimate of drug-likeness (QED) is 0.182. The summed E-state index contributed by atoms with van der Waals surface area (Å²) in [7, 11) is 1.44. The summed E-state index contributed by atoms with van der Waals surface area (Å²) in [5.74, 6) is 0. The van der Waals surface area contributed by atoms with Crippen molar-refractivity contribution in [3.8, 4) is 0 Å². The van der Waals surface area contributed by atoms with Gasteiger partial charge in [0.15, 0.2) is 0 Å². The largest absolute Gasteiger partial charge is 0.756 e. The van der Waals surface area contributed by atoms with E-state index in [4.69, 9.17) is 13.8 Å². The summed E-state index contributed by atoms with van der Waals surface area (Å²) in [6.45, 7) is 3.12. The molecule has 0 amide bonds. The SMILES string of the molecule is CCCCCCCCCCCCOCC(O)COP(=O)([O-])OCC[N+](C)(C)C. The molecule has 0 aliphatic rings. The van der Waals surface area contributed by atoms with Crippen LogP contribution in [0.1, 0.15) is 71.1 Å². The fourth-order valence-corrected chi connectivity index (χ4v) is 3.33. The van der Waals surface area contributed by atoms with E-state index in [1.54, 1.807) is 0 Å². The number of phosphoric ester groups is 1. The minimum Gasteiger partial charge on any atom is -0.756 e. The van der Waals surface area contributed by atoms with Gasteiger partial charge in [0.25, 0.3) is 7.82 Å². The van der Waals surface area contributed by atoms with Crippen LogP contribution < -0.4 is 4.89 Å². The van der Waals surface area contributed by atoms with E-state index in [9.17, 15) is 14.6 Å². The van der Waals surface area contributed by atoms with Crippen LogP contribution in [0.3, 0.4) is 0 Å². The molecule has 2 atom stereocenters. The highest BCUT2D eigenvalue weighted by Gasteiger charge is 2.15. The van der Waals surface area contributed by atoms with E-state index < -0.39 is 13.9 Å². The van der Waals surface area contributed by atoms with Crippen molar-refractivity contribution in [1.82, 2.24) is 0 Å². The fraction of sp³-hybridized carbons (Fsp3) is 1.00. The number of likely N-dealkylation sites (N-methyl/N-ethyl adjacent to an activating group) is 1. The zero-order chi connectivity index (χ0) is 21.3. The van der Waals surface area contributed by atoms with Crippen LogP contribution in [0, 0.1) is 0 Å². The van der Waals surface area contributed by atoms with Gasteiger partial charge in [0.05, 0.1) is 34.4 Å². The molecule has 0 spiro atoms. The number of hydrogen-bond donors (Lipinski definition) is 1. The molecule has 7 nitrogen and oxygen atoms in total. The molecule has 0 heterocycles. The lowest BCUT2D eigenvalue weighted by Crippen LogP contribution is -2.37. The van der Waals surface area contributed by atoms with Gasteiger partial charge in [-0.2, -0.15) is 0 Å². The number of quaternary nitrogens is 1. The number of rotatable bonds is 20. The molecule has 0 aliphatic heterocycles. The molecule has 0 aromatic heterocycles. The first kappa shape index (κ1) is 28.0. The van der Waals surface area contributed by atoms with Gasteiger partial charge < -0.3 is 28.3 Å². The average molecular weight is 426 g/mol. The van der Waals surface area contributed by atoms with Gasteiger partial charge in [-0.25, -0.2) is 0 Å². The van der Waals surface area contributed by atoms with Crippen molar-refractivity contribution in [3.63, 3.8) is 0 Å². The van der Waals surface area contributed by atoms with Gasteiger partial charge in [0.1, 0.15) is 19.3 Å². The molecule has 0 saturated heterocycles. The van der Waals surface area contributed by atoms with E-state index >= 15 is 0 Å². The number of aliphatic hydroxyl groups excluding tert-OH is 1. The molecule has 0 aromatic carbocycles. The van der Waals surface area contributed by atoms with Crippen molar-refractivity contribution in [3.05, 3.63) is 0 Å². The molecule has 0 bridgehead atoms. The highest BCUT2D eigenvalue weighted by atomic mass is 31.2. The van der Waals surface area contributed by atoms with Crippen molar-refractivity contribution in [2.75, 3.05) is 54.1 Å². The second kappa shape index (κ2) is 16.8. The summed E-state index contributed by atoms with van der Waals surface area (Å²) in [6.07, 6.45) is 11.6. The summed E-state index contributed by atoms with van der Waals surface area (Å²) in [5, 5.41) is 9.76. The Hall–Kier alpha value is -0.0100. The lowest BCUT2D eigenvalue weighted by molar-refractivity contribution is -0.870. The molecular formula is C20H44NO6P. The van der Waals surface area contributed by atoms with Crippen LogP contribution in [-0.4, -0.2) is 69.8 Å². The van der Waals surface area contributed by atoms with Crippen LogP contribution in [0.2, 0.25) is 0 Å². The molecule has 0 radical (unpaired) electrons. The van der Waals surface area contributed by atoms with Gasteiger partial charge in [-0.05, 0) is 6.42 Å². The third kappa shape index (κ3) is 20.7. The van der Waals surface area contributed by atoms with Crippen molar-refractivity contribution in [2.45, 2.75) is 77.2 Å². The summed E-state index contributed by atoms with van der Waals surface area (Å²) in [4.78, 5) is 11.6. The highest BCUT2D eigenvalue weighted by Crippen LogP contribution is 2.38. The van der Waals surface area contributed by atoms with E-state index in [0.717, 1.165) is 12.8 Å². The summed E-state index contributed by atoms with van der Waals surface area (Å²) in [5.41, 5.74) is 0. The lowest BCUT2D eigenvalue weighted by Gasteiger charge is -2.27. The van der Waals surface area contributed by atoms with Crippen molar-refractivity contribution >= 4 is 7.82 Å². The first-order valence-corrected chi connectivity index (χ1v) is 12.3. The molecular weight excluding hydrogens is 381 g/mol. The van der Waals surface area contributed by atoms with Crippen LogP contribution in [0.5, 0.6) is 0 Å². The zero-order valence-electron chi connectivity index (χ0n) is 18.6. The van der Waals surface area contributed by atoms with Crippen LogP contribution in [0.4, 0.5) is 0 Å². The Labute approximate surface area is 172 Å². The van der Waals surface area contributed by atoms with Gasteiger partial charge in [0.2, 0.25) is 0 Å². The Bertz CT molecular complexity index is 403. The molecule has 1 N–H and O–H groups in total. The summed E-state index contributed by atoms with van der Waals surface area (Å²) < 4.78 is 27.1. The Morgan fingerprint density at radius 2 is 1.39 bits per heavy atom. The molecule has 0 rings (SSSR count). The maximum Gasteiger partial charge on any atom is 0.268 e. The number of phosphoric acid groups is 1. The van der Waals surface area contributed by atoms with E-state index in [-0.39, 0.29) is 19.8 Å². The molecule has 0 saturated carbocycles. The Balaban J connectivity index is 3.49. The minimum atomic E-state index is -4.38. The van der Waals surface area contributed by atoms with Crippen LogP contribution in [-0.2, 0) is 18.3 Å². The monoisotopic (exact) mass is 425 g/mol. The Morgan fingerprint density at radius 3 is 1.93 bits per heavy atom. The lowest BCUT2D eigenvalue weighted by atomic mass is 10.1. The van der Waals surface area contributed by atoms with Gasteiger partial charge in [0, 0.05) is 6.61 Å². The second-order valence-electron chi connectivity index (χ2n) is 8.50. The molecule has 28 heavy (non-hydrogen) atoms. The summed E-state index contributed by atoms with van der Waals surface area (Å²) >= 11 is 0. The average Bonchev–Trinajstić information content (AvgIpc) is 2.59. The van der Waals surface area contributed by atoms with Gasteiger partial charge in [-0.3, -0.25) is 4.57 Å². The Kier molecular flexibility index (Phi) is 16.7. The highest BCUT2D eigenvalue weighted by molar-refractivity contribution is 7.45. The third-order valence-corrected chi connectivity index (χ3v) is 5.35. The first-order valence-electron chi connectivity index (χ1n) is 10.8. The number of hydrogen-bond acceptors (Lipinski definition) is 6. The van der Waals surface area contributed by atoms with Crippen molar-refractivity contribution in [1.29, 1.82) is 0 Å². The molecule has 2 unspecified atom stereocenters. The molecule has 0 aliphatic carbocycles. The first-order chi connectivity index (χ1) is 13.2. The van der Waals surface area contributed by atoms with Crippen molar-refractivity contribution in [2.24, 2.45) is 0 Å². The van der Waals surface area contributed by atoms with Gasteiger partial charge in [-0.1, -0.05) is 64.7 Å². The molecule has 0 fully saturated rings. The molecule has 8 heteroatoms. The number of ether oxygens (including phenoxy) is 1. The molecule has 0 aromatic rings. The predicted octanol–water partition coefficient (Wildman–Crippen LogP) is 3.49. The maximum atomic E-state index is 11.6. The van der Waals surface area contributed by atoms with E-state index in [1.165, 1.54) is 51.4 Å². The normalized spacial score (nSPS) is 15.5.